The number of ether oxygens (including phenoxy) is 2. The minimum absolute atomic E-state index is 0.0304. The molecule has 4 aromatic heterocycles. The van der Waals surface area contributed by atoms with Gasteiger partial charge in [-0.05, 0) is 125 Å². The third kappa shape index (κ3) is 15.7. The third-order valence-electron chi connectivity index (χ3n) is 13.8. The van der Waals surface area contributed by atoms with Gasteiger partial charge in [-0.2, -0.15) is 13.2 Å². The number of nitrogen functional groups attached to an aromatic ring is 1. The molecule has 4 heterocycles. The number of non-ortho nitro benzene ring substituents is 2. The molecule has 0 saturated carbocycles. The number of fused-ring (bicyclic) bond motifs is 4. The average Bonchev–Trinajstić information content (AvgIpc) is 0.960. The van der Waals surface area contributed by atoms with Gasteiger partial charge in [0.25, 0.3) is 28.1 Å². The summed E-state index contributed by atoms with van der Waals surface area (Å²) in [6.07, 6.45) is 1.07. The highest BCUT2D eigenvalue weighted by atomic mass is 35.5. The van der Waals surface area contributed by atoms with E-state index in [0.29, 0.717) is 32.8 Å². The summed E-state index contributed by atoms with van der Waals surface area (Å²) in [4.78, 5) is 104. The standard InChI is InChI=1S/C23H21ClF3NO3.C15H16N2O5.C15H18N2O3.C9H5NO4/c1-22(2,13-29)28-9-8-17-15(4-3-5-18(17)21(28)31)12-16(30)10-14-6-7-20(24)19(11-14)23(25,26)27;1-10(18)22-9-15(2,3)16-8-7-11-12(14(16)19)5-4-6-13(11)17(20)21;1-10(18)20-9-15(2,3)17-8-7-11-12(14(17)19)5-4-6-13(11)16;11-9-7-2-1-3-8(10(12)13)6(7)4-5-14-9/h3-9,11,29H,10,12-13H2,1-2H3;4-8H,9H2,1-3H3;4-8H,9,16H2,1-3H3;1-5H. The number of nitro benzene ring substituents is 2. The van der Waals surface area contributed by atoms with Crippen molar-refractivity contribution in [3.8, 4) is 0 Å². The van der Waals surface area contributed by atoms with Gasteiger partial charge in [0, 0.05) is 79.3 Å². The summed E-state index contributed by atoms with van der Waals surface area (Å²) in [5.41, 5.74) is 2.55. The largest absolute Gasteiger partial charge is 0.463 e. The lowest BCUT2D eigenvalue weighted by molar-refractivity contribution is -0.383. The molecule has 21 nitrogen and oxygen atoms in total. The number of nitro groups is 2. The van der Waals surface area contributed by atoms with Gasteiger partial charge in [0.1, 0.15) is 19.0 Å². The van der Waals surface area contributed by atoms with E-state index in [1.54, 1.807) is 93.2 Å². The Hall–Kier alpha value is -9.81. The molecule has 9 rings (SSSR count). The zero-order valence-electron chi connectivity index (χ0n) is 48.3. The number of rotatable bonds is 14. The van der Waals surface area contributed by atoms with Crippen LogP contribution in [0, 0.1) is 20.2 Å². The molecule has 456 valence electrons. The van der Waals surface area contributed by atoms with E-state index in [4.69, 9.17) is 26.8 Å². The van der Waals surface area contributed by atoms with Crippen LogP contribution in [-0.4, -0.2) is 66.2 Å². The summed E-state index contributed by atoms with van der Waals surface area (Å²) in [7, 11) is 0. The molecule has 0 radical (unpaired) electrons. The highest BCUT2D eigenvalue weighted by Gasteiger charge is 2.34. The fourth-order valence-corrected chi connectivity index (χ4v) is 9.34. The zero-order chi connectivity index (χ0) is 64.5. The monoisotopic (exact) mass is 1220 g/mol. The van der Waals surface area contributed by atoms with Crippen LogP contribution in [-0.2, 0) is 59.5 Å². The number of nitrogens with zero attached hydrogens (tertiary/aromatic N) is 5. The lowest BCUT2D eigenvalue weighted by atomic mass is 9.97. The van der Waals surface area contributed by atoms with Crippen LogP contribution in [0.1, 0.15) is 72.1 Å². The first-order valence-corrected chi connectivity index (χ1v) is 26.8. The number of aromatic nitrogens is 3. The third-order valence-corrected chi connectivity index (χ3v) is 14.1. The van der Waals surface area contributed by atoms with Crippen molar-refractivity contribution in [1.82, 2.24) is 13.7 Å². The Morgan fingerprint density at radius 1 is 0.586 bits per heavy atom. The number of nitrogens with two attached hydrogens (primary N) is 1. The maximum absolute atomic E-state index is 13.1. The van der Waals surface area contributed by atoms with Crippen LogP contribution in [0.2, 0.25) is 5.02 Å². The summed E-state index contributed by atoms with van der Waals surface area (Å²) >= 11 is 5.63. The first kappa shape index (κ1) is 66.3. The summed E-state index contributed by atoms with van der Waals surface area (Å²) in [6.45, 7) is 13.2. The molecule has 3 N–H and O–H groups in total. The summed E-state index contributed by atoms with van der Waals surface area (Å²) in [6, 6.07) is 28.8. The number of benzene rings is 5. The number of aliphatic hydroxyl groups excluding tert-OH is 1. The van der Waals surface area contributed by atoms with Crippen molar-refractivity contribution >= 4 is 89.5 Å². The van der Waals surface area contributed by atoms with E-state index in [2.05, 4.69) is 4.42 Å². The Morgan fingerprint density at radius 2 is 1.02 bits per heavy atom. The number of anilines is 1. The number of carbonyl (C=O) groups excluding carboxylic acids is 3. The van der Waals surface area contributed by atoms with E-state index >= 15 is 0 Å². The van der Waals surface area contributed by atoms with Crippen LogP contribution in [0.5, 0.6) is 0 Å². The highest BCUT2D eigenvalue weighted by molar-refractivity contribution is 6.31. The molecule has 0 saturated heterocycles. The van der Waals surface area contributed by atoms with Gasteiger partial charge >= 0.3 is 23.7 Å². The molecule has 0 unspecified atom stereocenters. The van der Waals surface area contributed by atoms with Gasteiger partial charge in [0.15, 0.2) is 0 Å². The van der Waals surface area contributed by atoms with Crippen molar-refractivity contribution in [2.45, 2.75) is 91.0 Å². The summed E-state index contributed by atoms with van der Waals surface area (Å²) in [5, 5.41) is 34.1. The van der Waals surface area contributed by atoms with Gasteiger partial charge in [-0.15, -0.1) is 0 Å². The van der Waals surface area contributed by atoms with E-state index in [0.717, 1.165) is 23.8 Å². The number of carbonyl (C=O) groups is 3. The molecule has 9 aromatic rings. The van der Waals surface area contributed by atoms with Crippen molar-refractivity contribution in [1.29, 1.82) is 0 Å². The molecule has 0 atom stereocenters. The fourth-order valence-electron chi connectivity index (χ4n) is 9.12. The molecule has 0 aliphatic rings. The fraction of sp³-hybridized carbons (Fsp3) is 0.274. The number of esters is 2. The number of halogens is 4. The smallest absolute Gasteiger partial charge is 0.417 e. The number of ketones is 1. The van der Waals surface area contributed by atoms with E-state index in [1.165, 1.54) is 77.7 Å². The van der Waals surface area contributed by atoms with Crippen molar-refractivity contribution < 1.29 is 56.4 Å². The summed E-state index contributed by atoms with van der Waals surface area (Å²) < 4.78 is 58.2. The van der Waals surface area contributed by atoms with Crippen molar-refractivity contribution in [3.05, 3.63) is 224 Å². The van der Waals surface area contributed by atoms with E-state index in [1.807, 2.05) is 19.9 Å². The Morgan fingerprint density at radius 3 is 1.52 bits per heavy atom. The SMILES string of the molecule is CC(=O)OCC(C)(C)n1ccc2c(N)cccc2c1=O.CC(=O)OCC(C)(C)n1ccc2c([N+](=O)[O-])cccc2c1=O.CC(C)(CO)n1ccc2c(CC(=O)Cc3ccc(Cl)c(C(F)(F)F)c3)cccc2c1=O.O=c1occc2c([N+](=O)[O-])cccc12. The second-order valence-electron chi connectivity index (χ2n) is 21.7. The number of Topliss-reactive ketones (excluding diaryl/α,β-unsaturated/α-hetero) is 1. The Labute approximate surface area is 497 Å². The number of hydrogen-bond donors (Lipinski definition) is 2. The molecular formula is C62H60ClF3N6O15. The molecule has 87 heavy (non-hydrogen) atoms. The van der Waals surface area contributed by atoms with Crippen LogP contribution in [0.25, 0.3) is 43.1 Å². The van der Waals surface area contributed by atoms with Gasteiger partial charge in [0.2, 0.25) is 0 Å². The maximum Gasteiger partial charge on any atom is 0.417 e. The number of pyridine rings is 3. The van der Waals surface area contributed by atoms with E-state index in [9.17, 15) is 72.1 Å². The quantitative estimate of drug-likeness (QED) is 0.0442. The molecule has 0 amide bonds. The van der Waals surface area contributed by atoms with Crippen LogP contribution >= 0.6 is 11.6 Å². The lowest BCUT2D eigenvalue weighted by Crippen LogP contribution is -2.40. The number of alkyl halides is 3. The van der Waals surface area contributed by atoms with Gasteiger partial charge in [-0.1, -0.05) is 48.0 Å². The topological polar surface area (TPSA) is 298 Å². The predicted octanol–water partition coefficient (Wildman–Crippen LogP) is 10.5. The lowest BCUT2D eigenvalue weighted by Gasteiger charge is -2.27. The van der Waals surface area contributed by atoms with Gasteiger partial charge in [-0.25, -0.2) is 4.79 Å². The van der Waals surface area contributed by atoms with Crippen LogP contribution < -0.4 is 28.0 Å². The molecule has 0 aliphatic heterocycles. The molecule has 0 fully saturated rings. The second-order valence-corrected chi connectivity index (χ2v) is 22.1. The van der Waals surface area contributed by atoms with Crippen LogP contribution in [0.15, 0.2) is 164 Å². The van der Waals surface area contributed by atoms with E-state index < -0.39 is 54.8 Å². The number of hydrogen-bond acceptors (Lipinski definition) is 16. The van der Waals surface area contributed by atoms with E-state index in [-0.39, 0.29) is 94.2 Å². The van der Waals surface area contributed by atoms with Gasteiger partial charge < -0.3 is 38.4 Å². The van der Waals surface area contributed by atoms with Gasteiger partial charge in [0.05, 0.1) is 71.5 Å². The molecule has 0 aliphatic carbocycles. The Balaban J connectivity index is 0.000000192. The minimum Gasteiger partial charge on any atom is -0.463 e. The normalized spacial score (nSPS) is 11.6. The first-order valence-electron chi connectivity index (χ1n) is 26.4. The van der Waals surface area contributed by atoms with Crippen molar-refractivity contribution in [3.63, 3.8) is 0 Å². The maximum atomic E-state index is 13.1. The van der Waals surface area contributed by atoms with Crippen LogP contribution in [0.3, 0.4) is 0 Å². The first-order chi connectivity index (χ1) is 40.7. The number of aliphatic hydroxyl groups is 1. The Kier molecular flexibility index (Phi) is 20.6. The average molecular weight is 1220 g/mol. The molecule has 0 spiro atoms. The van der Waals surface area contributed by atoms with Gasteiger partial charge in [-0.3, -0.25) is 49.0 Å². The van der Waals surface area contributed by atoms with Crippen LogP contribution in [0.4, 0.5) is 30.2 Å². The molecular weight excluding hydrogens is 1160 g/mol. The molecule has 5 aromatic carbocycles. The second kappa shape index (κ2) is 27.1. The highest BCUT2D eigenvalue weighted by Crippen LogP contribution is 2.35. The van der Waals surface area contributed by atoms with Crippen molar-refractivity contribution in [2.24, 2.45) is 0 Å². The Bertz CT molecular complexity index is 4380. The minimum atomic E-state index is -4.60. The molecule has 25 heteroatoms. The van der Waals surface area contributed by atoms with Crippen molar-refractivity contribution in [2.75, 3.05) is 25.6 Å². The molecule has 0 bridgehead atoms. The predicted molar refractivity (Wildman–Crippen MR) is 322 cm³/mol. The summed E-state index contributed by atoms with van der Waals surface area (Å²) in [5.74, 6) is -1.09. The zero-order valence-corrected chi connectivity index (χ0v) is 49.1.